The van der Waals surface area contributed by atoms with E-state index in [1.54, 1.807) is 22.8 Å². The molecule has 0 bridgehead atoms. The minimum absolute atomic E-state index is 0.0818. The van der Waals surface area contributed by atoms with E-state index >= 15 is 0 Å². The summed E-state index contributed by atoms with van der Waals surface area (Å²) in [6.07, 6.45) is 1.65. The normalized spacial score (nSPS) is 12.3. The lowest BCUT2D eigenvalue weighted by molar-refractivity contribution is 0.355. The quantitative estimate of drug-likeness (QED) is 0.587. The number of sulfonamides is 1. The predicted octanol–water partition coefficient (Wildman–Crippen LogP) is 3.33. The van der Waals surface area contributed by atoms with Crippen molar-refractivity contribution >= 4 is 31.6 Å². The van der Waals surface area contributed by atoms with Crippen LogP contribution in [0.5, 0.6) is 11.5 Å². The highest BCUT2D eigenvalue weighted by Gasteiger charge is 2.16. The summed E-state index contributed by atoms with van der Waals surface area (Å²) in [6.45, 7) is 4.07. The van der Waals surface area contributed by atoms with Crippen molar-refractivity contribution in [3.63, 3.8) is 0 Å². The van der Waals surface area contributed by atoms with E-state index in [9.17, 15) is 12.8 Å². The standard InChI is InChI=1S/C18H17FN2O4S2/c1-4-9-21-14-10-15(24-2)16(25-3)11-17(14)26-18(21)20-27(22,23)13-7-5-12(19)6-8-13/h4-8,10-11H,1,9H2,2-3H3. The third kappa shape index (κ3) is 3.74. The fraction of sp³-hybridized carbons (Fsp3) is 0.167. The van der Waals surface area contributed by atoms with Crippen molar-refractivity contribution in [3.8, 4) is 11.5 Å². The molecule has 142 valence electrons. The molecule has 1 heterocycles. The summed E-state index contributed by atoms with van der Waals surface area (Å²) < 4.78 is 55.4. The van der Waals surface area contributed by atoms with Gasteiger partial charge in [-0.2, -0.15) is 8.42 Å². The molecule has 27 heavy (non-hydrogen) atoms. The smallest absolute Gasteiger partial charge is 0.285 e. The number of methoxy groups -OCH3 is 2. The molecule has 0 atom stereocenters. The molecule has 0 fully saturated rings. The zero-order chi connectivity index (χ0) is 19.6. The Balaban J connectivity index is 2.26. The lowest BCUT2D eigenvalue weighted by Crippen LogP contribution is -2.16. The zero-order valence-corrected chi connectivity index (χ0v) is 16.3. The second-order valence-electron chi connectivity index (χ2n) is 5.48. The number of benzene rings is 2. The van der Waals surface area contributed by atoms with E-state index in [2.05, 4.69) is 11.0 Å². The molecule has 0 aliphatic carbocycles. The maximum Gasteiger partial charge on any atom is 0.285 e. The van der Waals surface area contributed by atoms with Crippen LogP contribution in [-0.4, -0.2) is 27.2 Å². The number of hydrogen-bond acceptors (Lipinski definition) is 5. The first-order chi connectivity index (χ1) is 12.9. The number of aromatic nitrogens is 1. The maximum absolute atomic E-state index is 13.1. The predicted molar refractivity (Wildman–Crippen MR) is 102 cm³/mol. The molecule has 0 N–H and O–H groups in total. The summed E-state index contributed by atoms with van der Waals surface area (Å²) in [5.74, 6) is 0.537. The largest absolute Gasteiger partial charge is 0.493 e. The number of thiazole rings is 1. The summed E-state index contributed by atoms with van der Waals surface area (Å²) in [6, 6.07) is 8.07. The van der Waals surface area contributed by atoms with Gasteiger partial charge in [-0.1, -0.05) is 17.4 Å². The van der Waals surface area contributed by atoms with E-state index in [1.165, 1.54) is 37.7 Å². The highest BCUT2D eigenvalue weighted by atomic mass is 32.2. The molecule has 3 aromatic rings. The van der Waals surface area contributed by atoms with Crippen molar-refractivity contribution < 1.29 is 22.3 Å². The van der Waals surface area contributed by atoms with E-state index in [1.807, 2.05) is 0 Å². The zero-order valence-electron chi connectivity index (χ0n) is 14.7. The molecule has 3 rings (SSSR count). The number of hydrogen-bond donors (Lipinski definition) is 0. The number of rotatable bonds is 6. The van der Waals surface area contributed by atoms with E-state index < -0.39 is 15.8 Å². The molecule has 0 unspecified atom stereocenters. The first-order valence-electron chi connectivity index (χ1n) is 7.82. The van der Waals surface area contributed by atoms with Crippen LogP contribution in [0.2, 0.25) is 0 Å². The van der Waals surface area contributed by atoms with Crippen LogP contribution < -0.4 is 14.3 Å². The Labute approximate surface area is 159 Å². The van der Waals surface area contributed by atoms with Crippen molar-refractivity contribution in [1.29, 1.82) is 0 Å². The van der Waals surface area contributed by atoms with Gasteiger partial charge in [0.1, 0.15) is 5.82 Å². The van der Waals surface area contributed by atoms with E-state index in [4.69, 9.17) is 9.47 Å². The second kappa shape index (κ2) is 7.53. The second-order valence-corrected chi connectivity index (χ2v) is 8.09. The van der Waals surface area contributed by atoms with Gasteiger partial charge >= 0.3 is 0 Å². The highest BCUT2D eigenvalue weighted by Crippen LogP contribution is 2.33. The molecule has 0 aliphatic heterocycles. The van der Waals surface area contributed by atoms with Crippen LogP contribution in [-0.2, 0) is 16.6 Å². The van der Waals surface area contributed by atoms with Crippen molar-refractivity contribution in [2.24, 2.45) is 4.40 Å². The molecule has 0 spiro atoms. The van der Waals surface area contributed by atoms with Crippen LogP contribution in [0.1, 0.15) is 0 Å². The van der Waals surface area contributed by atoms with E-state index in [0.717, 1.165) is 22.3 Å². The van der Waals surface area contributed by atoms with Gasteiger partial charge in [0.25, 0.3) is 10.0 Å². The van der Waals surface area contributed by atoms with Crippen LogP contribution in [0, 0.1) is 5.82 Å². The summed E-state index contributed by atoms with van der Waals surface area (Å²) in [4.78, 5) is 0.186. The molecule has 2 aromatic carbocycles. The Kier molecular flexibility index (Phi) is 5.33. The van der Waals surface area contributed by atoms with Gasteiger partial charge in [0.2, 0.25) is 4.80 Å². The molecular weight excluding hydrogens is 391 g/mol. The van der Waals surface area contributed by atoms with Crippen LogP contribution >= 0.6 is 11.3 Å². The number of fused-ring (bicyclic) bond motifs is 1. The minimum atomic E-state index is -4.00. The number of nitrogens with zero attached hydrogens (tertiary/aromatic N) is 2. The Morgan fingerprint density at radius 3 is 2.41 bits per heavy atom. The first-order valence-corrected chi connectivity index (χ1v) is 10.1. The monoisotopic (exact) mass is 408 g/mol. The van der Waals surface area contributed by atoms with Crippen molar-refractivity contribution in [3.05, 3.63) is 59.7 Å². The number of allylic oxidation sites excluding steroid dienone is 1. The van der Waals surface area contributed by atoms with E-state index in [0.29, 0.717) is 18.0 Å². The fourth-order valence-corrected chi connectivity index (χ4v) is 4.79. The molecule has 0 amide bonds. The molecule has 0 saturated heterocycles. The van der Waals surface area contributed by atoms with Gasteiger partial charge in [0.15, 0.2) is 11.5 Å². The third-order valence-corrected chi connectivity index (χ3v) is 6.25. The van der Waals surface area contributed by atoms with Crippen molar-refractivity contribution in [1.82, 2.24) is 4.57 Å². The van der Waals surface area contributed by atoms with Crippen molar-refractivity contribution in [2.45, 2.75) is 11.4 Å². The molecule has 0 radical (unpaired) electrons. The number of ether oxygens (including phenoxy) is 2. The average molecular weight is 408 g/mol. The van der Waals surface area contributed by atoms with Gasteiger partial charge in [0, 0.05) is 18.7 Å². The van der Waals surface area contributed by atoms with E-state index in [-0.39, 0.29) is 9.70 Å². The highest BCUT2D eigenvalue weighted by molar-refractivity contribution is 7.90. The molecular formula is C18H17FN2O4S2. The van der Waals surface area contributed by atoms with Crippen LogP contribution in [0.3, 0.4) is 0 Å². The molecule has 1 aromatic heterocycles. The Bertz CT molecular complexity index is 1160. The van der Waals surface area contributed by atoms with Gasteiger partial charge in [0.05, 0.1) is 29.3 Å². The van der Waals surface area contributed by atoms with Crippen LogP contribution in [0.25, 0.3) is 10.2 Å². The topological polar surface area (TPSA) is 69.9 Å². The Hall–Kier alpha value is -2.65. The SMILES string of the molecule is C=CCn1c(=NS(=O)(=O)c2ccc(F)cc2)sc2cc(OC)c(OC)cc21. The number of halogens is 1. The third-order valence-electron chi connectivity index (χ3n) is 3.81. The van der Waals surface area contributed by atoms with Crippen LogP contribution in [0.15, 0.2) is 58.3 Å². The lowest BCUT2D eigenvalue weighted by atomic mass is 10.3. The summed E-state index contributed by atoms with van der Waals surface area (Å²) in [5, 5.41) is 0. The maximum atomic E-state index is 13.1. The first kappa shape index (κ1) is 19.1. The average Bonchev–Trinajstić information content (AvgIpc) is 2.96. The van der Waals surface area contributed by atoms with Gasteiger partial charge in [-0.3, -0.25) is 0 Å². The Morgan fingerprint density at radius 2 is 1.81 bits per heavy atom. The van der Waals surface area contributed by atoms with Gasteiger partial charge in [-0.25, -0.2) is 4.39 Å². The summed E-state index contributed by atoms with van der Waals surface area (Å²) in [7, 11) is -0.946. The molecule has 6 nitrogen and oxygen atoms in total. The summed E-state index contributed by atoms with van der Waals surface area (Å²) >= 11 is 1.20. The molecule has 9 heteroatoms. The van der Waals surface area contributed by atoms with Gasteiger partial charge in [-0.05, 0) is 24.3 Å². The minimum Gasteiger partial charge on any atom is -0.493 e. The molecule has 0 saturated carbocycles. The molecule has 0 aliphatic rings. The van der Waals surface area contributed by atoms with Gasteiger partial charge < -0.3 is 14.0 Å². The summed E-state index contributed by atoms with van der Waals surface area (Å²) in [5.41, 5.74) is 0.741. The van der Waals surface area contributed by atoms with Crippen molar-refractivity contribution in [2.75, 3.05) is 14.2 Å². The van der Waals surface area contributed by atoms with Crippen LogP contribution in [0.4, 0.5) is 4.39 Å². The Morgan fingerprint density at radius 1 is 1.19 bits per heavy atom. The van der Waals surface area contributed by atoms with Gasteiger partial charge in [-0.15, -0.1) is 11.0 Å². The lowest BCUT2D eigenvalue weighted by Gasteiger charge is -2.08. The fourth-order valence-electron chi connectivity index (χ4n) is 2.53.